The molecule has 4 rings (SSSR count). The quantitative estimate of drug-likeness (QED) is 0.716. The lowest BCUT2D eigenvalue weighted by atomic mass is 10.1. The second-order valence-corrected chi connectivity index (χ2v) is 6.46. The number of aromatic nitrogens is 4. The van der Waals surface area contributed by atoms with Crippen molar-refractivity contribution in [2.24, 2.45) is 0 Å². The molecule has 0 spiro atoms. The molecule has 4 heteroatoms. The van der Waals surface area contributed by atoms with Crippen LogP contribution >= 0.6 is 0 Å². The van der Waals surface area contributed by atoms with E-state index >= 15 is 0 Å². The third-order valence-electron chi connectivity index (χ3n) is 4.47. The summed E-state index contributed by atoms with van der Waals surface area (Å²) in [6.07, 6.45) is 5.39. The number of fused-ring (bicyclic) bond motifs is 1. The summed E-state index contributed by atoms with van der Waals surface area (Å²) in [4.78, 5) is 0. The SMILES string of the molecule is CCc1nn(C2CC2)c2cc(-c3ccnn3C(C)C)ccc12. The molecule has 1 saturated carbocycles. The number of benzene rings is 1. The molecule has 1 aromatic carbocycles. The van der Waals surface area contributed by atoms with Crippen LogP contribution in [-0.2, 0) is 6.42 Å². The lowest BCUT2D eigenvalue weighted by molar-refractivity contribution is 0.538. The predicted octanol–water partition coefficient (Wildman–Crippen LogP) is 4.38. The van der Waals surface area contributed by atoms with Gasteiger partial charge in [-0.2, -0.15) is 10.2 Å². The van der Waals surface area contributed by atoms with Crippen LogP contribution in [-0.4, -0.2) is 19.6 Å². The number of hydrogen-bond donors (Lipinski definition) is 0. The summed E-state index contributed by atoms with van der Waals surface area (Å²) in [6.45, 7) is 6.51. The predicted molar refractivity (Wildman–Crippen MR) is 89.0 cm³/mol. The number of aryl methyl sites for hydroxylation is 1. The zero-order chi connectivity index (χ0) is 15.3. The van der Waals surface area contributed by atoms with Crippen molar-refractivity contribution >= 4 is 10.9 Å². The lowest BCUT2D eigenvalue weighted by Crippen LogP contribution is -2.04. The van der Waals surface area contributed by atoms with Gasteiger partial charge in [-0.15, -0.1) is 0 Å². The van der Waals surface area contributed by atoms with E-state index in [-0.39, 0.29) is 0 Å². The summed E-state index contributed by atoms with van der Waals surface area (Å²) in [5.41, 5.74) is 4.89. The Morgan fingerprint density at radius 2 is 2.05 bits per heavy atom. The van der Waals surface area contributed by atoms with Gasteiger partial charge in [-0.3, -0.25) is 9.36 Å². The van der Waals surface area contributed by atoms with Gasteiger partial charge in [-0.05, 0) is 45.2 Å². The minimum absolute atomic E-state index is 0.361. The fraction of sp³-hybridized carbons (Fsp3) is 0.444. The Morgan fingerprint density at radius 3 is 2.73 bits per heavy atom. The molecule has 1 aliphatic carbocycles. The minimum atomic E-state index is 0.361. The molecule has 2 heterocycles. The van der Waals surface area contributed by atoms with Crippen LogP contribution in [0.15, 0.2) is 30.5 Å². The summed E-state index contributed by atoms with van der Waals surface area (Å²) in [6, 6.07) is 9.78. The standard InChI is InChI=1S/C18H22N4/c1-4-16-15-8-5-13(17-9-10-19-21(17)12(2)3)11-18(15)22(20-16)14-6-7-14/h5,8-12,14H,4,6-7H2,1-3H3. The first-order valence-electron chi connectivity index (χ1n) is 8.24. The van der Waals surface area contributed by atoms with Crippen molar-refractivity contribution in [3.8, 4) is 11.3 Å². The Hall–Kier alpha value is -2.10. The largest absolute Gasteiger partial charge is 0.262 e. The molecule has 0 saturated heterocycles. The lowest BCUT2D eigenvalue weighted by Gasteiger charge is -2.11. The van der Waals surface area contributed by atoms with Crippen LogP contribution in [0.25, 0.3) is 22.2 Å². The topological polar surface area (TPSA) is 35.6 Å². The van der Waals surface area contributed by atoms with E-state index < -0.39 is 0 Å². The van der Waals surface area contributed by atoms with E-state index in [0.717, 1.165) is 6.42 Å². The molecule has 3 aromatic rings. The molecule has 0 bridgehead atoms. The van der Waals surface area contributed by atoms with Crippen molar-refractivity contribution in [3.63, 3.8) is 0 Å². The molecule has 1 fully saturated rings. The molecule has 0 N–H and O–H groups in total. The van der Waals surface area contributed by atoms with E-state index in [4.69, 9.17) is 5.10 Å². The molecule has 114 valence electrons. The average molecular weight is 294 g/mol. The molecule has 0 amide bonds. The second kappa shape index (κ2) is 4.97. The third kappa shape index (κ3) is 2.05. The Labute approximate surface area is 130 Å². The van der Waals surface area contributed by atoms with Gasteiger partial charge in [0.1, 0.15) is 0 Å². The van der Waals surface area contributed by atoms with E-state index in [2.05, 4.69) is 59.5 Å². The highest BCUT2D eigenvalue weighted by Crippen LogP contribution is 2.38. The number of hydrogen-bond acceptors (Lipinski definition) is 2. The maximum Gasteiger partial charge on any atom is 0.0700 e. The fourth-order valence-corrected chi connectivity index (χ4v) is 3.18. The van der Waals surface area contributed by atoms with E-state index in [0.29, 0.717) is 12.1 Å². The van der Waals surface area contributed by atoms with Gasteiger partial charge >= 0.3 is 0 Å². The van der Waals surface area contributed by atoms with Crippen molar-refractivity contribution in [2.45, 2.75) is 52.1 Å². The molecule has 0 atom stereocenters. The summed E-state index contributed by atoms with van der Waals surface area (Å²) >= 11 is 0. The second-order valence-electron chi connectivity index (χ2n) is 6.46. The Balaban J connectivity index is 1.89. The summed E-state index contributed by atoms with van der Waals surface area (Å²) < 4.78 is 4.33. The Bertz CT molecular complexity index is 821. The zero-order valence-electron chi connectivity index (χ0n) is 13.5. The summed E-state index contributed by atoms with van der Waals surface area (Å²) in [5, 5.41) is 10.6. The molecule has 2 aromatic heterocycles. The minimum Gasteiger partial charge on any atom is -0.262 e. The van der Waals surface area contributed by atoms with Gasteiger partial charge in [-0.25, -0.2) is 0 Å². The van der Waals surface area contributed by atoms with Gasteiger partial charge in [0.2, 0.25) is 0 Å². The number of rotatable bonds is 4. The highest BCUT2D eigenvalue weighted by atomic mass is 15.3. The molecule has 0 unspecified atom stereocenters. The van der Waals surface area contributed by atoms with E-state index in [1.807, 2.05) is 6.20 Å². The van der Waals surface area contributed by atoms with E-state index in [1.54, 1.807) is 0 Å². The highest BCUT2D eigenvalue weighted by molar-refractivity contribution is 5.86. The van der Waals surface area contributed by atoms with Crippen LogP contribution < -0.4 is 0 Å². The maximum absolute atomic E-state index is 4.84. The van der Waals surface area contributed by atoms with Gasteiger partial charge in [0.25, 0.3) is 0 Å². The number of nitrogens with zero attached hydrogens (tertiary/aromatic N) is 4. The van der Waals surface area contributed by atoms with Gasteiger partial charge < -0.3 is 0 Å². The highest BCUT2D eigenvalue weighted by Gasteiger charge is 2.27. The smallest absolute Gasteiger partial charge is 0.0700 e. The van der Waals surface area contributed by atoms with Crippen LogP contribution in [0.2, 0.25) is 0 Å². The summed E-state index contributed by atoms with van der Waals surface area (Å²) in [5.74, 6) is 0. The Kier molecular flexibility index (Phi) is 3.06. The van der Waals surface area contributed by atoms with Gasteiger partial charge in [-0.1, -0.05) is 19.1 Å². The normalized spacial score (nSPS) is 15.1. The van der Waals surface area contributed by atoms with Crippen LogP contribution in [0.3, 0.4) is 0 Å². The van der Waals surface area contributed by atoms with Crippen LogP contribution in [0.5, 0.6) is 0 Å². The van der Waals surface area contributed by atoms with Crippen LogP contribution in [0, 0.1) is 0 Å². The molecule has 0 aliphatic heterocycles. The van der Waals surface area contributed by atoms with Gasteiger partial charge in [0, 0.05) is 23.2 Å². The van der Waals surface area contributed by atoms with E-state index in [9.17, 15) is 0 Å². The van der Waals surface area contributed by atoms with Crippen molar-refractivity contribution < 1.29 is 0 Å². The molecular formula is C18H22N4. The van der Waals surface area contributed by atoms with Gasteiger partial charge in [0.15, 0.2) is 0 Å². The van der Waals surface area contributed by atoms with Crippen LogP contribution in [0.1, 0.15) is 51.4 Å². The molecule has 4 nitrogen and oxygen atoms in total. The molecule has 1 aliphatic rings. The first-order valence-corrected chi connectivity index (χ1v) is 8.24. The third-order valence-corrected chi connectivity index (χ3v) is 4.47. The fourth-order valence-electron chi connectivity index (χ4n) is 3.18. The van der Waals surface area contributed by atoms with Crippen molar-refractivity contribution in [3.05, 3.63) is 36.2 Å². The summed E-state index contributed by atoms with van der Waals surface area (Å²) in [7, 11) is 0. The monoisotopic (exact) mass is 294 g/mol. The Morgan fingerprint density at radius 1 is 1.23 bits per heavy atom. The molecular weight excluding hydrogens is 272 g/mol. The van der Waals surface area contributed by atoms with Crippen molar-refractivity contribution in [2.75, 3.05) is 0 Å². The first-order chi connectivity index (χ1) is 10.7. The molecule has 0 radical (unpaired) electrons. The average Bonchev–Trinajstić information content (AvgIpc) is 3.12. The van der Waals surface area contributed by atoms with Crippen molar-refractivity contribution in [1.82, 2.24) is 19.6 Å². The van der Waals surface area contributed by atoms with E-state index in [1.165, 1.54) is 40.7 Å². The maximum atomic E-state index is 4.84. The molecule has 22 heavy (non-hydrogen) atoms. The van der Waals surface area contributed by atoms with Crippen LogP contribution in [0.4, 0.5) is 0 Å². The zero-order valence-corrected chi connectivity index (χ0v) is 13.5. The first kappa shape index (κ1) is 13.6. The van der Waals surface area contributed by atoms with Gasteiger partial charge in [0.05, 0.1) is 22.9 Å². The van der Waals surface area contributed by atoms with Crippen molar-refractivity contribution in [1.29, 1.82) is 0 Å².